The third-order valence-electron chi connectivity index (χ3n) is 7.03. The van der Waals surface area contributed by atoms with Crippen molar-refractivity contribution in [1.29, 1.82) is 0 Å². The molecule has 1 aliphatic rings. The molecule has 1 fully saturated rings. The lowest BCUT2D eigenvalue weighted by Gasteiger charge is -2.21. The fourth-order valence-corrected chi connectivity index (χ4v) is 4.98. The fraction of sp³-hybridized carbons (Fsp3) is 0.310. The second-order valence-corrected chi connectivity index (χ2v) is 9.70. The molecular formula is C29H32FN7O2. The first-order valence-corrected chi connectivity index (χ1v) is 12.9. The van der Waals surface area contributed by atoms with Gasteiger partial charge in [0, 0.05) is 56.2 Å². The second kappa shape index (κ2) is 11.7. The predicted octanol–water partition coefficient (Wildman–Crippen LogP) is 4.32. The third-order valence-corrected chi connectivity index (χ3v) is 7.03. The Labute approximate surface area is 227 Å². The summed E-state index contributed by atoms with van der Waals surface area (Å²) in [6.07, 6.45) is 3.47. The number of methoxy groups -OCH3 is 1. The zero-order valence-corrected chi connectivity index (χ0v) is 22.3. The lowest BCUT2D eigenvalue weighted by atomic mass is 9.94. The van der Waals surface area contributed by atoms with Crippen LogP contribution >= 0.6 is 0 Å². The molecule has 2 N–H and O–H groups in total. The number of hydrogen-bond donors (Lipinski definition) is 2. The van der Waals surface area contributed by atoms with Crippen molar-refractivity contribution in [3.8, 4) is 16.9 Å². The number of halogens is 1. The van der Waals surface area contributed by atoms with E-state index < -0.39 is 0 Å². The minimum atomic E-state index is -0.340. The number of likely N-dealkylation sites (tertiary alicyclic amines) is 1. The van der Waals surface area contributed by atoms with E-state index in [1.807, 2.05) is 44.2 Å². The van der Waals surface area contributed by atoms with Crippen LogP contribution in [0.3, 0.4) is 0 Å². The molecule has 10 heteroatoms. The Morgan fingerprint density at radius 2 is 1.77 bits per heavy atom. The SMILES string of the molecule is COCCN1C[C@@H](NC(=O)Nc2c(C)c(-c3cnc(C)nc3)nn2-c2ccccc2)[C@H](c2ccc(F)cc2)C1. The second-order valence-electron chi connectivity index (χ2n) is 9.70. The highest BCUT2D eigenvalue weighted by atomic mass is 19.1. The van der Waals surface area contributed by atoms with E-state index in [2.05, 4.69) is 25.5 Å². The summed E-state index contributed by atoms with van der Waals surface area (Å²) in [5.74, 6) is 0.952. The number of hydrogen-bond acceptors (Lipinski definition) is 6. The van der Waals surface area contributed by atoms with Crippen molar-refractivity contribution in [2.45, 2.75) is 25.8 Å². The minimum Gasteiger partial charge on any atom is -0.383 e. The topological polar surface area (TPSA) is 97.2 Å². The molecule has 2 amide bonds. The van der Waals surface area contributed by atoms with E-state index in [4.69, 9.17) is 9.84 Å². The summed E-state index contributed by atoms with van der Waals surface area (Å²) in [5, 5.41) is 11.0. The molecular weight excluding hydrogens is 497 g/mol. The maximum atomic E-state index is 13.6. The van der Waals surface area contributed by atoms with E-state index in [9.17, 15) is 9.18 Å². The molecule has 4 aromatic rings. The lowest BCUT2D eigenvalue weighted by molar-refractivity contribution is 0.159. The molecule has 0 bridgehead atoms. The van der Waals surface area contributed by atoms with Crippen LogP contribution in [0.2, 0.25) is 0 Å². The van der Waals surface area contributed by atoms with E-state index in [-0.39, 0.29) is 23.8 Å². The molecule has 3 heterocycles. The number of aryl methyl sites for hydroxylation is 1. The number of nitrogens with one attached hydrogen (secondary N) is 2. The van der Waals surface area contributed by atoms with Crippen LogP contribution in [0.25, 0.3) is 16.9 Å². The fourth-order valence-electron chi connectivity index (χ4n) is 4.98. The number of aromatic nitrogens is 4. The van der Waals surface area contributed by atoms with Crippen molar-refractivity contribution < 1.29 is 13.9 Å². The van der Waals surface area contributed by atoms with Gasteiger partial charge in [-0.25, -0.2) is 23.8 Å². The zero-order chi connectivity index (χ0) is 27.4. The molecule has 1 aliphatic heterocycles. The number of carbonyl (C=O) groups is 1. The first-order chi connectivity index (χ1) is 18.9. The average molecular weight is 530 g/mol. The van der Waals surface area contributed by atoms with Crippen LogP contribution in [0.1, 0.15) is 22.9 Å². The van der Waals surface area contributed by atoms with Gasteiger partial charge >= 0.3 is 6.03 Å². The van der Waals surface area contributed by atoms with Crippen LogP contribution in [0.15, 0.2) is 67.0 Å². The van der Waals surface area contributed by atoms with Crippen LogP contribution in [0, 0.1) is 19.7 Å². The number of urea groups is 1. The van der Waals surface area contributed by atoms with Gasteiger partial charge in [0.1, 0.15) is 23.2 Å². The molecule has 202 valence electrons. The molecule has 9 nitrogen and oxygen atoms in total. The van der Waals surface area contributed by atoms with E-state index in [0.29, 0.717) is 30.5 Å². The molecule has 0 saturated carbocycles. The number of anilines is 1. The summed E-state index contributed by atoms with van der Waals surface area (Å²) in [6, 6.07) is 15.6. The van der Waals surface area contributed by atoms with Gasteiger partial charge in [0.05, 0.1) is 18.3 Å². The van der Waals surface area contributed by atoms with Crippen LogP contribution in [-0.2, 0) is 4.74 Å². The van der Waals surface area contributed by atoms with E-state index in [1.165, 1.54) is 12.1 Å². The Balaban J connectivity index is 1.41. The molecule has 0 radical (unpaired) electrons. The number of benzene rings is 2. The number of para-hydroxylation sites is 1. The normalized spacial score (nSPS) is 17.3. The minimum absolute atomic E-state index is 0.00797. The number of amides is 2. The Bertz CT molecular complexity index is 1410. The molecule has 1 saturated heterocycles. The highest BCUT2D eigenvalue weighted by molar-refractivity contribution is 5.91. The summed E-state index contributed by atoms with van der Waals surface area (Å²) < 4.78 is 20.6. The van der Waals surface area contributed by atoms with Crippen LogP contribution in [0.5, 0.6) is 0 Å². The van der Waals surface area contributed by atoms with Crippen molar-refractivity contribution in [3.63, 3.8) is 0 Å². The van der Waals surface area contributed by atoms with Gasteiger partial charge in [-0.3, -0.25) is 10.2 Å². The van der Waals surface area contributed by atoms with Gasteiger partial charge in [-0.15, -0.1) is 0 Å². The lowest BCUT2D eigenvalue weighted by Crippen LogP contribution is -2.42. The van der Waals surface area contributed by atoms with Crippen molar-refractivity contribution in [2.75, 3.05) is 38.7 Å². The average Bonchev–Trinajstić information content (AvgIpc) is 3.49. The summed E-state index contributed by atoms with van der Waals surface area (Å²) in [4.78, 5) is 24.3. The highest BCUT2D eigenvalue weighted by Gasteiger charge is 2.35. The van der Waals surface area contributed by atoms with Crippen LogP contribution in [0.4, 0.5) is 15.0 Å². The van der Waals surface area contributed by atoms with E-state index in [0.717, 1.165) is 35.5 Å². The van der Waals surface area contributed by atoms with Gasteiger partial charge in [0.2, 0.25) is 0 Å². The van der Waals surface area contributed by atoms with Gasteiger partial charge < -0.3 is 10.1 Å². The third kappa shape index (κ3) is 5.97. The maximum Gasteiger partial charge on any atom is 0.320 e. The van der Waals surface area contributed by atoms with Gasteiger partial charge in [-0.05, 0) is 43.7 Å². The highest BCUT2D eigenvalue weighted by Crippen LogP contribution is 2.31. The largest absolute Gasteiger partial charge is 0.383 e. The Morgan fingerprint density at radius 3 is 2.46 bits per heavy atom. The molecule has 5 rings (SSSR count). The number of rotatable bonds is 8. The summed E-state index contributed by atoms with van der Waals surface area (Å²) in [5.41, 5.74) is 4.03. The van der Waals surface area contributed by atoms with Gasteiger partial charge in [-0.2, -0.15) is 5.10 Å². The smallest absolute Gasteiger partial charge is 0.320 e. The van der Waals surface area contributed by atoms with E-state index in [1.54, 1.807) is 36.3 Å². The summed E-state index contributed by atoms with van der Waals surface area (Å²) in [7, 11) is 1.67. The molecule has 0 aliphatic carbocycles. The Hall–Kier alpha value is -4.15. The quantitative estimate of drug-likeness (QED) is 0.353. The molecule has 2 aromatic carbocycles. The van der Waals surface area contributed by atoms with Gasteiger partial charge in [-0.1, -0.05) is 30.3 Å². The molecule has 39 heavy (non-hydrogen) atoms. The van der Waals surface area contributed by atoms with Crippen molar-refractivity contribution in [3.05, 3.63) is 89.8 Å². The van der Waals surface area contributed by atoms with Crippen LogP contribution < -0.4 is 10.6 Å². The van der Waals surface area contributed by atoms with Crippen molar-refractivity contribution in [2.24, 2.45) is 0 Å². The van der Waals surface area contributed by atoms with Crippen LogP contribution in [-0.4, -0.2) is 70.1 Å². The molecule has 0 spiro atoms. The standard InChI is InChI=1S/C29H32FN7O2/c1-19-27(22-15-31-20(2)32-16-22)35-37(24-7-5-4-6-8-24)28(19)34-29(38)33-26-18-36(13-14-39-3)17-25(26)21-9-11-23(30)12-10-21/h4-12,15-16,25-26H,13-14,17-18H2,1-3H3,(H2,33,34,38)/t25-,26+/m0/s1. The number of ether oxygens (including phenoxy) is 1. The number of nitrogens with zero attached hydrogens (tertiary/aromatic N) is 5. The molecule has 2 aromatic heterocycles. The van der Waals surface area contributed by atoms with Gasteiger partial charge in [0.25, 0.3) is 0 Å². The predicted molar refractivity (Wildman–Crippen MR) is 147 cm³/mol. The maximum absolute atomic E-state index is 13.6. The monoisotopic (exact) mass is 529 g/mol. The van der Waals surface area contributed by atoms with Crippen molar-refractivity contribution >= 4 is 11.8 Å². The summed E-state index contributed by atoms with van der Waals surface area (Å²) >= 11 is 0. The molecule has 0 unspecified atom stereocenters. The Morgan fingerprint density at radius 1 is 1.05 bits per heavy atom. The zero-order valence-electron chi connectivity index (χ0n) is 22.3. The van der Waals surface area contributed by atoms with Gasteiger partial charge in [0.15, 0.2) is 0 Å². The van der Waals surface area contributed by atoms with E-state index >= 15 is 0 Å². The molecule has 2 atom stereocenters. The first-order valence-electron chi connectivity index (χ1n) is 12.9. The first kappa shape index (κ1) is 26.5. The van der Waals surface area contributed by atoms with Crippen molar-refractivity contribution in [1.82, 2.24) is 30.0 Å². The summed E-state index contributed by atoms with van der Waals surface area (Å²) in [6.45, 7) is 6.47. The Kier molecular flexibility index (Phi) is 7.94. The number of carbonyl (C=O) groups excluding carboxylic acids is 1.